The minimum Gasteiger partial charge on any atom is -0.352 e. The largest absolute Gasteiger partial charge is 0.352 e. The summed E-state index contributed by atoms with van der Waals surface area (Å²) in [6.45, 7) is 2.05. The van der Waals surface area contributed by atoms with Gasteiger partial charge in [-0.1, -0.05) is 12.1 Å². The Morgan fingerprint density at radius 3 is 2.75 bits per heavy atom. The van der Waals surface area contributed by atoms with Crippen molar-refractivity contribution in [3.05, 3.63) is 48.3 Å². The van der Waals surface area contributed by atoms with Gasteiger partial charge >= 0.3 is 0 Å². The predicted molar refractivity (Wildman–Crippen MR) is 91.3 cm³/mol. The van der Waals surface area contributed by atoms with E-state index in [0.717, 1.165) is 37.2 Å². The Hall–Kier alpha value is -2.63. The first-order valence-electron chi connectivity index (χ1n) is 8.36. The maximum Gasteiger partial charge on any atom is 0.227 e. The molecule has 1 aromatic heterocycles. The Morgan fingerprint density at radius 1 is 1.25 bits per heavy atom. The van der Waals surface area contributed by atoms with Crippen molar-refractivity contribution in [2.24, 2.45) is 0 Å². The summed E-state index contributed by atoms with van der Waals surface area (Å²) in [5.41, 5.74) is 1.97. The number of anilines is 1. The highest BCUT2D eigenvalue weighted by Gasteiger charge is 2.21. The molecule has 0 unspecified atom stereocenters. The van der Waals surface area contributed by atoms with Crippen molar-refractivity contribution < 1.29 is 9.59 Å². The van der Waals surface area contributed by atoms with Crippen LogP contribution >= 0.6 is 0 Å². The van der Waals surface area contributed by atoms with Gasteiger partial charge in [-0.05, 0) is 36.6 Å². The Balaban J connectivity index is 1.41. The van der Waals surface area contributed by atoms with Crippen LogP contribution in [0.4, 0.5) is 5.69 Å². The van der Waals surface area contributed by atoms with E-state index in [0.29, 0.717) is 19.4 Å². The molecule has 0 radical (unpaired) electrons. The summed E-state index contributed by atoms with van der Waals surface area (Å²) in [5.74, 6) is 0.231. The normalized spacial score (nSPS) is 14.2. The minimum atomic E-state index is 0.0425. The fourth-order valence-electron chi connectivity index (χ4n) is 2.84. The van der Waals surface area contributed by atoms with Crippen molar-refractivity contribution in [3.8, 4) is 0 Å². The summed E-state index contributed by atoms with van der Waals surface area (Å²) in [5, 5.41) is 7.04. The number of nitrogens with zero attached hydrogens (tertiary/aromatic N) is 3. The van der Waals surface area contributed by atoms with E-state index >= 15 is 0 Å². The number of carbonyl (C=O) groups excluding carboxylic acids is 2. The zero-order chi connectivity index (χ0) is 16.8. The van der Waals surface area contributed by atoms with E-state index in [-0.39, 0.29) is 11.8 Å². The summed E-state index contributed by atoms with van der Waals surface area (Å²) in [6.07, 6.45) is 6.44. The summed E-state index contributed by atoms with van der Waals surface area (Å²) in [6, 6.07) is 9.69. The molecule has 0 saturated carbocycles. The standard InChI is InChI=1S/C18H22N4O2/c23-17(4-1-11-21-12-3-10-20-21)19-14-15-6-8-16(9-7-15)22-13-2-5-18(22)24/h3,6-10,12H,1-2,4-5,11,13-14H2,(H,19,23). The van der Waals surface area contributed by atoms with Crippen LogP contribution in [0.2, 0.25) is 0 Å². The second kappa shape index (κ2) is 7.77. The van der Waals surface area contributed by atoms with Crippen LogP contribution in [-0.2, 0) is 22.7 Å². The molecule has 1 fully saturated rings. The van der Waals surface area contributed by atoms with Crippen LogP contribution in [0.25, 0.3) is 0 Å². The second-order valence-electron chi connectivity index (χ2n) is 5.96. The molecule has 1 N–H and O–H groups in total. The van der Waals surface area contributed by atoms with Gasteiger partial charge in [-0.15, -0.1) is 0 Å². The molecule has 1 aliphatic rings. The van der Waals surface area contributed by atoms with E-state index in [2.05, 4.69) is 10.4 Å². The lowest BCUT2D eigenvalue weighted by molar-refractivity contribution is -0.121. The number of rotatable bonds is 7. The van der Waals surface area contributed by atoms with E-state index in [1.807, 2.05) is 46.1 Å². The van der Waals surface area contributed by atoms with Crippen molar-refractivity contribution in [3.63, 3.8) is 0 Å². The van der Waals surface area contributed by atoms with Crippen molar-refractivity contribution in [1.82, 2.24) is 15.1 Å². The lowest BCUT2D eigenvalue weighted by Gasteiger charge is -2.16. The lowest BCUT2D eigenvalue weighted by Crippen LogP contribution is -2.24. The highest BCUT2D eigenvalue weighted by Crippen LogP contribution is 2.21. The first kappa shape index (κ1) is 16.2. The first-order chi connectivity index (χ1) is 11.7. The van der Waals surface area contributed by atoms with Gasteiger partial charge < -0.3 is 10.2 Å². The molecule has 126 valence electrons. The average Bonchev–Trinajstić information content (AvgIpc) is 3.25. The number of hydrogen-bond acceptors (Lipinski definition) is 3. The number of hydrogen-bond donors (Lipinski definition) is 1. The van der Waals surface area contributed by atoms with Crippen LogP contribution in [0.5, 0.6) is 0 Å². The Morgan fingerprint density at radius 2 is 2.08 bits per heavy atom. The van der Waals surface area contributed by atoms with E-state index in [1.54, 1.807) is 6.20 Å². The fraction of sp³-hybridized carbons (Fsp3) is 0.389. The van der Waals surface area contributed by atoms with E-state index in [1.165, 1.54) is 0 Å². The number of aryl methyl sites for hydroxylation is 1. The van der Waals surface area contributed by atoms with Gasteiger partial charge in [0.2, 0.25) is 11.8 Å². The number of nitrogens with one attached hydrogen (secondary N) is 1. The van der Waals surface area contributed by atoms with Crippen LogP contribution in [0.15, 0.2) is 42.7 Å². The minimum absolute atomic E-state index is 0.0425. The molecule has 1 saturated heterocycles. The topological polar surface area (TPSA) is 67.2 Å². The van der Waals surface area contributed by atoms with Crippen molar-refractivity contribution >= 4 is 17.5 Å². The molecular weight excluding hydrogens is 304 g/mol. The fourth-order valence-corrected chi connectivity index (χ4v) is 2.84. The van der Waals surface area contributed by atoms with Crippen LogP contribution in [0.1, 0.15) is 31.2 Å². The monoisotopic (exact) mass is 326 g/mol. The van der Waals surface area contributed by atoms with Gasteiger partial charge in [-0.2, -0.15) is 5.10 Å². The van der Waals surface area contributed by atoms with E-state index in [4.69, 9.17) is 0 Å². The third-order valence-electron chi connectivity index (χ3n) is 4.16. The molecule has 0 aliphatic carbocycles. The third kappa shape index (κ3) is 4.22. The summed E-state index contributed by atoms with van der Waals surface area (Å²) in [4.78, 5) is 25.4. The molecule has 0 bridgehead atoms. The molecule has 6 heteroatoms. The molecule has 0 spiro atoms. The number of carbonyl (C=O) groups is 2. The molecule has 2 aromatic rings. The summed E-state index contributed by atoms with van der Waals surface area (Å²) < 4.78 is 1.83. The van der Waals surface area contributed by atoms with Crippen LogP contribution in [-0.4, -0.2) is 28.1 Å². The second-order valence-corrected chi connectivity index (χ2v) is 5.96. The van der Waals surface area contributed by atoms with Crippen LogP contribution in [0.3, 0.4) is 0 Å². The zero-order valence-electron chi connectivity index (χ0n) is 13.6. The molecule has 24 heavy (non-hydrogen) atoms. The summed E-state index contributed by atoms with van der Waals surface area (Å²) >= 11 is 0. The Labute approximate surface area is 141 Å². The van der Waals surface area contributed by atoms with Crippen molar-refractivity contribution in [1.29, 1.82) is 0 Å². The summed E-state index contributed by atoms with van der Waals surface area (Å²) in [7, 11) is 0. The highest BCUT2D eigenvalue weighted by molar-refractivity contribution is 5.95. The van der Waals surface area contributed by atoms with Crippen LogP contribution < -0.4 is 10.2 Å². The predicted octanol–water partition coefficient (Wildman–Crippen LogP) is 2.11. The van der Waals surface area contributed by atoms with E-state index < -0.39 is 0 Å². The first-order valence-corrected chi connectivity index (χ1v) is 8.36. The van der Waals surface area contributed by atoms with Gasteiger partial charge in [0.15, 0.2) is 0 Å². The molecule has 3 rings (SSSR count). The Kier molecular flexibility index (Phi) is 5.25. The van der Waals surface area contributed by atoms with Crippen LogP contribution in [0, 0.1) is 0 Å². The lowest BCUT2D eigenvalue weighted by atomic mass is 10.2. The van der Waals surface area contributed by atoms with E-state index in [9.17, 15) is 9.59 Å². The quantitative estimate of drug-likeness (QED) is 0.847. The van der Waals surface area contributed by atoms with Gasteiger partial charge in [0.25, 0.3) is 0 Å². The zero-order valence-corrected chi connectivity index (χ0v) is 13.6. The van der Waals surface area contributed by atoms with Gasteiger partial charge in [0, 0.05) is 50.6 Å². The SMILES string of the molecule is O=C(CCCn1cccn1)NCc1ccc(N2CCCC2=O)cc1. The van der Waals surface area contributed by atoms with Gasteiger partial charge in [-0.25, -0.2) is 0 Å². The maximum absolute atomic E-state index is 11.9. The molecule has 2 heterocycles. The number of amides is 2. The van der Waals surface area contributed by atoms with Crippen molar-refractivity contribution in [2.75, 3.05) is 11.4 Å². The third-order valence-corrected chi connectivity index (χ3v) is 4.16. The maximum atomic E-state index is 11.9. The van der Waals surface area contributed by atoms with Gasteiger partial charge in [0.1, 0.15) is 0 Å². The number of aromatic nitrogens is 2. The van der Waals surface area contributed by atoms with Gasteiger partial charge in [0.05, 0.1) is 0 Å². The smallest absolute Gasteiger partial charge is 0.227 e. The molecular formula is C18H22N4O2. The molecule has 6 nitrogen and oxygen atoms in total. The van der Waals surface area contributed by atoms with Gasteiger partial charge in [-0.3, -0.25) is 14.3 Å². The average molecular weight is 326 g/mol. The molecule has 0 atom stereocenters. The highest BCUT2D eigenvalue weighted by atomic mass is 16.2. The number of benzene rings is 1. The Bertz CT molecular complexity index is 680. The molecule has 1 aromatic carbocycles. The molecule has 1 aliphatic heterocycles. The molecule has 2 amide bonds. The van der Waals surface area contributed by atoms with Crippen molar-refractivity contribution in [2.45, 2.75) is 38.8 Å².